The number of aliphatic hydroxyl groups excluding tert-OH is 1. The zero-order valence-electron chi connectivity index (χ0n) is 8.40. The zero-order valence-corrected chi connectivity index (χ0v) is 8.40. The Bertz CT molecular complexity index is 200. The maximum Gasteiger partial charge on any atom is 0.0975 e. The van der Waals surface area contributed by atoms with Crippen LogP contribution in [0.2, 0.25) is 0 Å². The molecule has 1 N–H and O–H groups in total. The van der Waals surface area contributed by atoms with E-state index in [0.717, 1.165) is 19.5 Å². The van der Waals surface area contributed by atoms with Crippen LogP contribution in [-0.2, 0) is 0 Å². The molecule has 1 unspecified atom stereocenters. The van der Waals surface area contributed by atoms with E-state index in [1.54, 1.807) is 0 Å². The van der Waals surface area contributed by atoms with Crippen molar-refractivity contribution in [2.45, 2.75) is 26.3 Å². The summed E-state index contributed by atoms with van der Waals surface area (Å²) in [6.45, 7) is 6.26. The molecule has 1 fully saturated rings. The number of rotatable bonds is 3. The molecule has 1 rings (SSSR count). The van der Waals surface area contributed by atoms with Gasteiger partial charge in [0.15, 0.2) is 0 Å². The fraction of sp³-hybridized carbons (Fsp3) is 0.900. The van der Waals surface area contributed by atoms with E-state index in [1.807, 2.05) is 6.92 Å². The Morgan fingerprint density at radius 1 is 1.62 bits per heavy atom. The molecule has 3 nitrogen and oxygen atoms in total. The first-order chi connectivity index (χ1) is 6.22. The molecule has 1 aliphatic rings. The van der Waals surface area contributed by atoms with Gasteiger partial charge in [-0.05, 0) is 18.3 Å². The second-order valence-electron chi connectivity index (χ2n) is 3.93. The van der Waals surface area contributed by atoms with Gasteiger partial charge in [0.2, 0.25) is 0 Å². The summed E-state index contributed by atoms with van der Waals surface area (Å²) in [5.74, 6) is 0.884. The van der Waals surface area contributed by atoms with E-state index in [9.17, 15) is 0 Å². The predicted molar refractivity (Wildman–Crippen MR) is 51.0 cm³/mol. The molecule has 3 atom stereocenters. The topological polar surface area (TPSA) is 47.3 Å². The Morgan fingerprint density at radius 3 is 2.69 bits per heavy atom. The molecule has 0 saturated carbocycles. The van der Waals surface area contributed by atoms with Crippen LogP contribution < -0.4 is 0 Å². The van der Waals surface area contributed by atoms with Gasteiger partial charge in [-0.1, -0.05) is 13.8 Å². The lowest BCUT2D eigenvalue weighted by Crippen LogP contribution is -2.32. The Labute approximate surface area is 80.0 Å². The maximum absolute atomic E-state index is 9.07. The highest BCUT2D eigenvalue weighted by Crippen LogP contribution is 2.24. The highest BCUT2D eigenvalue weighted by Gasteiger charge is 2.32. The van der Waals surface area contributed by atoms with Crippen molar-refractivity contribution < 1.29 is 5.11 Å². The third kappa shape index (κ3) is 2.20. The van der Waals surface area contributed by atoms with Gasteiger partial charge in [-0.3, -0.25) is 4.90 Å². The highest BCUT2D eigenvalue weighted by atomic mass is 16.3. The molecule has 1 heterocycles. The number of likely N-dealkylation sites (tertiary alicyclic amines) is 1. The smallest absolute Gasteiger partial charge is 0.0975 e. The van der Waals surface area contributed by atoms with Crippen molar-refractivity contribution in [1.82, 2.24) is 4.90 Å². The first kappa shape index (κ1) is 10.5. The van der Waals surface area contributed by atoms with Crippen LogP contribution in [0.1, 0.15) is 20.3 Å². The van der Waals surface area contributed by atoms with Gasteiger partial charge in [0, 0.05) is 19.7 Å². The van der Waals surface area contributed by atoms with Gasteiger partial charge in [-0.25, -0.2) is 0 Å². The number of nitriles is 1. The van der Waals surface area contributed by atoms with Gasteiger partial charge in [-0.15, -0.1) is 0 Å². The zero-order chi connectivity index (χ0) is 9.84. The minimum atomic E-state index is 0.0407. The molecule has 0 bridgehead atoms. The lowest BCUT2D eigenvalue weighted by molar-refractivity contribution is 0.200. The first-order valence-corrected chi connectivity index (χ1v) is 4.97. The summed E-state index contributed by atoms with van der Waals surface area (Å²) >= 11 is 0. The van der Waals surface area contributed by atoms with Gasteiger partial charge < -0.3 is 5.11 Å². The lowest BCUT2D eigenvalue weighted by atomic mass is 10.00. The van der Waals surface area contributed by atoms with Crippen molar-refractivity contribution in [1.29, 1.82) is 5.26 Å². The van der Waals surface area contributed by atoms with Crippen molar-refractivity contribution in [3.63, 3.8) is 0 Å². The molecule has 13 heavy (non-hydrogen) atoms. The molecule has 0 aliphatic carbocycles. The molecular weight excluding hydrogens is 164 g/mol. The third-order valence-corrected chi connectivity index (χ3v) is 3.01. The number of aliphatic hydroxyl groups is 1. The van der Waals surface area contributed by atoms with Crippen LogP contribution in [0, 0.1) is 23.2 Å². The minimum Gasteiger partial charge on any atom is -0.396 e. The Morgan fingerprint density at radius 2 is 2.31 bits per heavy atom. The highest BCUT2D eigenvalue weighted by molar-refractivity contribution is 4.95. The molecule has 0 spiro atoms. The first-order valence-electron chi connectivity index (χ1n) is 4.97. The fourth-order valence-corrected chi connectivity index (χ4v) is 2.00. The molecular formula is C10H18N2O. The molecule has 0 aromatic rings. The van der Waals surface area contributed by atoms with E-state index in [-0.39, 0.29) is 12.6 Å². The van der Waals surface area contributed by atoms with Gasteiger partial charge in [0.25, 0.3) is 0 Å². The number of nitrogens with zero attached hydrogens (tertiary/aromatic N) is 2. The standard InChI is InChI=1S/C10H18N2O/c1-3-10(4-11)12-5-8(2)9(6-12)7-13/h8-10,13H,3,5-7H2,1-2H3/t8-,9+,10?/m1/s1. The summed E-state index contributed by atoms with van der Waals surface area (Å²) in [5.41, 5.74) is 0. The Kier molecular flexibility index (Phi) is 3.71. The normalized spacial score (nSPS) is 31.5. The van der Waals surface area contributed by atoms with Gasteiger partial charge in [0.05, 0.1) is 12.1 Å². The predicted octanol–water partition coefficient (Wildman–Crippen LogP) is 0.849. The Balaban J connectivity index is 2.52. The molecule has 1 saturated heterocycles. The monoisotopic (exact) mass is 182 g/mol. The van der Waals surface area contributed by atoms with Crippen molar-refractivity contribution in [3.05, 3.63) is 0 Å². The van der Waals surface area contributed by atoms with Crippen LogP contribution in [0.25, 0.3) is 0 Å². The summed E-state index contributed by atoms with van der Waals surface area (Å²) in [7, 11) is 0. The van der Waals surface area contributed by atoms with Gasteiger partial charge in [0.1, 0.15) is 0 Å². The fourth-order valence-electron chi connectivity index (χ4n) is 2.00. The maximum atomic E-state index is 9.07. The molecule has 0 amide bonds. The number of hydrogen-bond donors (Lipinski definition) is 1. The van der Waals surface area contributed by atoms with Crippen LogP contribution in [0.15, 0.2) is 0 Å². The van der Waals surface area contributed by atoms with Crippen LogP contribution in [0.4, 0.5) is 0 Å². The van der Waals surface area contributed by atoms with Crippen molar-refractivity contribution >= 4 is 0 Å². The van der Waals surface area contributed by atoms with E-state index in [2.05, 4.69) is 17.9 Å². The average molecular weight is 182 g/mol. The molecule has 0 radical (unpaired) electrons. The molecule has 0 aromatic carbocycles. The van der Waals surface area contributed by atoms with Crippen LogP contribution in [0.3, 0.4) is 0 Å². The van der Waals surface area contributed by atoms with E-state index in [4.69, 9.17) is 10.4 Å². The van der Waals surface area contributed by atoms with Crippen molar-refractivity contribution in [3.8, 4) is 6.07 Å². The van der Waals surface area contributed by atoms with E-state index in [1.165, 1.54) is 0 Å². The van der Waals surface area contributed by atoms with E-state index < -0.39 is 0 Å². The molecule has 0 aromatic heterocycles. The average Bonchev–Trinajstić information content (AvgIpc) is 2.49. The summed E-state index contributed by atoms with van der Waals surface area (Å²) < 4.78 is 0. The van der Waals surface area contributed by atoms with Crippen molar-refractivity contribution in [2.24, 2.45) is 11.8 Å². The summed E-state index contributed by atoms with van der Waals surface area (Å²) in [5, 5.41) is 17.9. The molecule has 74 valence electrons. The van der Waals surface area contributed by atoms with Crippen LogP contribution >= 0.6 is 0 Å². The van der Waals surface area contributed by atoms with Crippen molar-refractivity contribution in [2.75, 3.05) is 19.7 Å². The van der Waals surface area contributed by atoms with E-state index >= 15 is 0 Å². The lowest BCUT2D eigenvalue weighted by Gasteiger charge is -2.20. The summed E-state index contributed by atoms with van der Waals surface area (Å²) in [4.78, 5) is 2.19. The van der Waals surface area contributed by atoms with Crippen LogP contribution in [-0.4, -0.2) is 35.7 Å². The SMILES string of the molecule is CCC(C#N)N1C[C@@H](CO)[C@H](C)C1. The van der Waals surface area contributed by atoms with Gasteiger partial charge in [-0.2, -0.15) is 5.26 Å². The van der Waals surface area contributed by atoms with E-state index in [0.29, 0.717) is 11.8 Å². The Hall–Kier alpha value is -0.590. The largest absolute Gasteiger partial charge is 0.396 e. The number of hydrogen-bond acceptors (Lipinski definition) is 3. The quantitative estimate of drug-likeness (QED) is 0.704. The third-order valence-electron chi connectivity index (χ3n) is 3.01. The molecule has 3 heteroatoms. The second-order valence-corrected chi connectivity index (χ2v) is 3.93. The van der Waals surface area contributed by atoms with Gasteiger partial charge >= 0.3 is 0 Å². The minimum absolute atomic E-state index is 0.0407. The molecule has 1 aliphatic heterocycles. The van der Waals surface area contributed by atoms with Crippen LogP contribution in [0.5, 0.6) is 0 Å². The summed E-state index contributed by atoms with van der Waals surface area (Å²) in [6.07, 6.45) is 0.876. The summed E-state index contributed by atoms with van der Waals surface area (Å²) in [6, 6.07) is 2.34. The second kappa shape index (κ2) is 4.59.